The van der Waals surface area contributed by atoms with Crippen LogP contribution in [0.25, 0.3) is 0 Å². The fraction of sp³-hybridized carbons (Fsp3) is 0.692. The number of nitrogens with zero attached hydrogens (tertiary/aromatic N) is 3. The lowest BCUT2D eigenvalue weighted by molar-refractivity contribution is -0.383. The molecule has 1 fully saturated rings. The predicted molar refractivity (Wildman–Crippen MR) is 77.8 cm³/mol. The topological polar surface area (TPSA) is 93.0 Å². The molecule has 0 bridgehead atoms. The van der Waals surface area contributed by atoms with Crippen LogP contribution in [0.1, 0.15) is 32.6 Å². The summed E-state index contributed by atoms with van der Waals surface area (Å²) in [6.07, 6.45) is 6.15. The Kier molecular flexibility index (Phi) is 4.70. The van der Waals surface area contributed by atoms with Gasteiger partial charge in [-0.3, -0.25) is 10.1 Å². The Balaban J connectivity index is 2.04. The van der Waals surface area contributed by atoms with Gasteiger partial charge in [-0.25, -0.2) is 9.97 Å². The Bertz CT molecular complexity index is 472. The monoisotopic (exact) mass is 279 g/mol. The maximum absolute atomic E-state index is 11.1. The van der Waals surface area contributed by atoms with Crippen molar-refractivity contribution in [2.24, 2.45) is 11.8 Å². The second kappa shape index (κ2) is 6.49. The maximum Gasteiger partial charge on any atom is 0.353 e. The van der Waals surface area contributed by atoms with E-state index >= 15 is 0 Å². The van der Waals surface area contributed by atoms with Crippen LogP contribution in [0, 0.1) is 22.0 Å². The van der Waals surface area contributed by atoms with Crippen LogP contribution >= 0.6 is 0 Å². The number of hydrogen-bond acceptors (Lipinski definition) is 6. The Morgan fingerprint density at radius 3 is 2.55 bits per heavy atom. The van der Waals surface area contributed by atoms with Crippen molar-refractivity contribution in [2.75, 3.05) is 24.2 Å². The summed E-state index contributed by atoms with van der Waals surface area (Å²) in [6, 6.07) is 0. The number of nitrogens with one attached hydrogen (secondary N) is 2. The van der Waals surface area contributed by atoms with Crippen LogP contribution < -0.4 is 10.6 Å². The van der Waals surface area contributed by atoms with Crippen molar-refractivity contribution in [1.29, 1.82) is 0 Å². The van der Waals surface area contributed by atoms with Gasteiger partial charge in [-0.1, -0.05) is 19.8 Å². The van der Waals surface area contributed by atoms with Crippen molar-refractivity contribution >= 4 is 17.3 Å². The van der Waals surface area contributed by atoms with E-state index in [1.165, 1.54) is 32.0 Å². The summed E-state index contributed by atoms with van der Waals surface area (Å²) in [6.45, 7) is 3.01. The van der Waals surface area contributed by atoms with E-state index in [2.05, 4.69) is 27.5 Å². The molecule has 1 saturated carbocycles. The molecule has 1 aromatic heterocycles. The number of rotatable bonds is 5. The lowest BCUT2D eigenvalue weighted by atomic mass is 9.83. The van der Waals surface area contributed by atoms with Crippen molar-refractivity contribution < 1.29 is 4.92 Å². The lowest BCUT2D eigenvalue weighted by Crippen LogP contribution is -2.21. The highest BCUT2D eigenvalue weighted by molar-refractivity contribution is 5.68. The van der Waals surface area contributed by atoms with Crippen LogP contribution in [0.4, 0.5) is 17.3 Å². The first-order valence-electron chi connectivity index (χ1n) is 7.02. The van der Waals surface area contributed by atoms with E-state index in [0.29, 0.717) is 11.7 Å². The first-order chi connectivity index (χ1) is 9.61. The van der Waals surface area contributed by atoms with E-state index in [9.17, 15) is 10.1 Å². The van der Waals surface area contributed by atoms with Gasteiger partial charge in [0.2, 0.25) is 11.6 Å². The van der Waals surface area contributed by atoms with Crippen LogP contribution in [0.3, 0.4) is 0 Å². The molecule has 0 radical (unpaired) electrons. The largest absolute Gasteiger partial charge is 0.367 e. The summed E-state index contributed by atoms with van der Waals surface area (Å²) < 4.78 is 0. The van der Waals surface area contributed by atoms with Gasteiger partial charge in [-0.05, 0) is 24.7 Å². The second-order valence-corrected chi connectivity index (χ2v) is 5.43. The zero-order chi connectivity index (χ0) is 14.5. The molecule has 0 atom stereocenters. The molecule has 110 valence electrons. The minimum absolute atomic E-state index is 0.0841. The first kappa shape index (κ1) is 14.5. The van der Waals surface area contributed by atoms with Gasteiger partial charge in [0.15, 0.2) is 0 Å². The van der Waals surface area contributed by atoms with Gasteiger partial charge in [-0.2, -0.15) is 0 Å². The highest BCUT2D eigenvalue weighted by atomic mass is 16.6. The molecule has 0 spiro atoms. The summed E-state index contributed by atoms with van der Waals surface area (Å²) in [5.41, 5.74) is -0.0841. The molecule has 0 amide bonds. The van der Waals surface area contributed by atoms with Crippen molar-refractivity contribution in [2.45, 2.75) is 32.6 Å². The molecule has 7 heteroatoms. The Morgan fingerprint density at radius 1 is 1.30 bits per heavy atom. The van der Waals surface area contributed by atoms with Crippen molar-refractivity contribution in [3.8, 4) is 0 Å². The predicted octanol–water partition coefficient (Wildman–Crippen LogP) is 2.66. The molecule has 0 unspecified atom stereocenters. The van der Waals surface area contributed by atoms with Crippen molar-refractivity contribution in [3.05, 3.63) is 16.4 Å². The molecule has 7 nitrogen and oxygen atoms in total. The van der Waals surface area contributed by atoms with E-state index in [4.69, 9.17) is 0 Å². The average molecular weight is 279 g/mol. The molecule has 0 aliphatic heterocycles. The SMILES string of the molecule is CNc1ncnc(NCC2CCC(C)CC2)c1[N+](=O)[O-]. The normalized spacial score (nSPS) is 22.3. The zero-order valence-electron chi connectivity index (χ0n) is 11.9. The number of nitro groups is 1. The molecule has 1 aliphatic carbocycles. The molecule has 20 heavy (non-hydrogen) atoms. The molecule has 2 rings (SSSR count). The summed E-state index contributed by atoms with van der Waals surface area (Å²) in [7, 11) is 1.61. The van der Waals surface area contributed by atoms with E-state index < -0.39 is 4.92 Å². The van der Waals surface area contributed by atoms with Gasteiger partial charge in [0.1, 0.15) is 6.33 Å². The van der Waals surface area contributed by atoms with Gasteiger partial charge in [0, 0.05) is 13.6 Å². The number of aromatic nitrogens is 2. The van der Waals surface area contributed by atoms with E-state index in [-0.39, 0.29) is 11.5 Å². The fourth-order valence-corrected chi connectivity index (χ4v) is 2.64. The Morgan fingerprint density at radius 2 is 1.95 bits per heavy atom. The smallest absolute Gasteiger partial charge is 0.353 e. The summed E-state index contributed by atoms with van der Waals surface area (Å²) in [5, 5.41) is 17.0. The van der Waals surface area contributed by atoms with Crippen molar-refractivity contribution in [1.82, 2.24) is 9.97 Å². The molecule has 0 saturated heterocycles. The van der Waals surface area contributed by atoms with Crippen LogP contribution in [0.15, 0.2) is 6.33 Å². The van der Waals surface area contributed by atoms with Gasteiger partial charge in [0.05, 0.1) is 4.92 Å². The standard InChI is InChI=1S/C13H21N5O2/c1-9-3-5-10(6-4-9)7-15-13-11(18(19)20)12(14-2)16-8-17-13/h8-10H,3-7H2,1-2H3,(H2,14,15,16,17). The van der Waals surface area contributed by atoms with Crippen LogP contribution in [0.5, 0.6) is 0 Å². The third-order valence-corrected chi connectivity index (χ3v) is 3.94. The zero-order valence-corrected chi connectivity index (χ0v) is 11.9. The molecule has 2 N–H and O–H groups in total. The van der Waals surface area contributed by atoms with Crippen molar-refractivity contribution in [3.63, 3.8) is 0 Å². The van der Waals surface area contributed by atoms with Gasteiger partial charge in [0.25, 0.3) is 0 Å². The second-order valence-electron chi connectivity index (χ2n) is 5.43. The van der Waals surface area contributed by atoms with E-state index in [0.717, 1.165) is 12.5 Å². The summed E-state index contributed by atoms with van der Waals surface area (Å²) in [5.74, 6) is 1.91. The summed E-state index contributed by atoms with van der Waals surface area (Å²) >= 11 is 0. The highest BCUT2D eigenvalue weighted by Gasteiger charge is 2.24. The minimum Gasteiger partial charge on any atom is -0.367 e. The average Bonchev–Trinajstić information content (AvgIpc) is 2.46. The number of hydrogen-bond donors (Lipinski definition) is 2. The first-order valence-corrected chi connectivity index (χ1v) is 7.02. The molecule has 1 aliphatic rings. The van der Waals surface area contributed by atoms with Crippen LogP contribution in [-0.4, -0.2) is 28.5 Å². The van der Waals surface area contributed by atoms with Crippen LogP contribution in [0.2, 0.25) is 0 Å². The van der Waals surface area contributed by atoms with Gasteiger partial charge >= 0.3 is 5.69 Å². The quantitative estimate of drug-likeness (QED) is 0.635. The summed E-state index contributed by atoms with van der Waals surface area (Å²) in [4.78, 5) is 18.6. The Hall–Kier alpha value is -1.92. The Labute approximate surface area is 118 Å². The lowest BCUT2D eigenvalue weighted by Gasteiger charge is -2.26. The molecule has 1 heterocycles. The van der Waals surface area contributed by atoms with Gasteiger partial charge < -0.3 is 10.6 Å². The van der Waals surface area contributed by atoms with Crippen LogP contribution in [-0.2, 0) is 0 Å². The number of anilines is 2. The van der Waals surface area contributed by atoms with Gasteiger partial charge in [-0.15, -0.1) is 0 Å². The molecular formula is C13H21N5O2. The highest BCUT2D eigenvalue weighted by Crippen LogP contribution is 2.31. The maximum atomic E-state index is 11.1. The molecule has 1 aromatic rings. The van der Waals surface area contributed by atoms with E-state index in [1.54, 1.807) is 7.05 Å². The third kappa shape index (κ3) is 3.34. The fourth-order valence-electron chi connectivity index (χ4n) is 2.64. The minimum atomic E-state index is -0.447. The van der Waals surface area contributed by atoms with E-state index in [1.807, 2.05) is 0 Å². The third-order valence-electron chi connectivity index (χ3n) is 3.94. The molecular weight excluding hydrogens is 258 g/mol. The molecule has 0 aromatic carbocycles.